The highest BCUT2D eigenvalue weighted by atomic mass is 16.2. The second-order valence-electron chi connectivity index (χ2n) is 7.45. The highest BCUT2D eigenvalue weighted by molar-refractivity contribution is 5.92. The fourth-order valence-electron chi connectivity index (χ4n) is 4.13. The zero-order valence-corrected chi connectivity index (χ0v) is 15.6. The van der Waals surface area contributed by atoms with Crippen LogP contribution in [0, 0.1) is 22.7 Å². The SMILES string of the molecule is N#Cc1cnc2cccc(N[C@H]3CCN(CC(=O)N4CCC[C@H]4C#N)C3)c2c1. The van der Waals surface area contributed by atoms with Gasteiger partial charge in [0.15, 0.2) is 0 Å². The first-order valence-corrected chi connectivity index (χ1v) is 9.65. The van der Waals surface area contributed by atoms with Crippen LogP contribution >= 0.6 is 0 Å². The van der Waals surface area contributed by atoms with Crippen LogP contribution in [0.4, 0.5) is 5.69 Å². The molecule has 1 aromatic carbocycles. The molecule has 2 fully saturated rings. The van der Waals surface area contributed by atoms with Gasteiger partial charge in [0.1, 0.15) is 12.1 Å². The average Bonchev–Trinajstić information content (AvgIpc) is 3.37. The topological polar surface area (TPSA) is 96.1 Å². The fourth-order valence-corrected chi connectivity index (χ4v) is 4.13. The molecule has 0 saturated carbocycles. The molecule has 4 rings (SSSR count). The van der Waals surface area contributed by atoms with Gasteiger partial charge in [0.25, 0.3) is 0 Å². The number of pyridine rings is 1. The first-order chi connectivity index (χ1) is 13.7. The molecule has 7 nitrogen and oxygen atoms in total. The number of carbonyl (C=O) groups excluding carboxylic acids is 1. The van der Waals surface area contributed by atoms with Crippen molar-refractivity contribution in [3.63, 3.8) is 0 Å². The Bertz CT molecular complexity index is 975. The molecule has 28 heavy (non-hydrogen) atoms. The molecule has 1 amide bonds. The van der Waals surface area contributed by atoms with Crippen LogP contribution in [0.1, 0.15) is 24.8 Å². The zero-order chi connectivity index (χ0) is 19.5. The summed E-state index contributed by atoms with van der Waals surface area (Å²) in [5, 5.41) is 22.8. The van der Waals surface area contributed by atoms with E-state index in [1.165, 1.54) is 0 Å². The molecule has 0 spiro atoms. The molecule has 142 valence electrons. The Kier molecular flexibility index (Phi) is 5.10. The Balaban J connectivity index is 1.40. The maximum atomic E-state index is 12.6. The number of aromatic nitrogens is 1. The molecule has 3 heterocycles. The quantitative estimate of drug-likeness (QED) is 0.880. The average molecular weight is 374 g/mol. The number of nitrogens with one attached hydrogen (secondary N) is 1. The van der Waals surface area contributed by atoms with Crippen LogP contribution in [-0.2, 0) is 4.79 Å². The normalized spacial score (nSPS) is 22.1. The van der Waals surface area contributed by atoms with Crippen molar-refractivity contribution in [1.82, 2.24) is 14.8 Å². The number of hydrogen-bond donors (Lipinski definition) is 1. The molecule has 2 saturated heterocycles. The van der Waals surface area contributed by atoms with E-state index in [0.717, 1.165) is 48.9 Å². The van der Waals surface area contributed by atoms with Gasteiger partial charge in [0.05, 0.1) is 23.7 Å². The van der Waals surface area contributed by atoms with E-state index >= 15 is 0 Å². The van der Waals surface area contributed by atoms with E-state index < -0.39 is 0 Å². The van der Waals surface area contributed by atoms with Crippen molar-refractivity contribution in [2.75, 3.05) is 31.5 Å². The van der Waals surface area contributed by atoms with Gasteiger partial charge in [-0.3, -0.25) is 14.7 Å². The van der Waals surface area contributed by atoms with Gasteiger partial charge in [0.2, 0.25) is 5.91 Å². The number of hydrogen-bond acceptors (Lipinski definition) is 6. The van der Waals surface area contributed by atoms with Crippen molar-refractivity contribution >= 4 is 22.5 Å². The van der Waals surface area contributed by atoms with Crippen LogP contribution in [-0.4, -0.2) is 59.0 Å². The highest BCUT2D eigenvalue weighted by Gasteiger charge is 2.31. The molecule has 2 atom stereocenters. The second kappa shape index (κ2) is 7.84. The molecule has 0 radical (unpaired) electrons. The minimum atomic E-state index is -0.262. The zero-order valence-electron chi connectivity index (χ0n) is 15.6. The lowest BCUT2D eigenvalue weighted by atomic mass is 10.1. The number of amides is 1. The fraction of sp³-hybridized carbons (Fsp3) is 0.429. The van der Waals surface area contributed by atoms with Crippen molar-refractivity contribution in [2.24, 2.45) is 0 Å². The van der Waals surface area contributed by atoms with E-state index in [-0.39, 0.29) is 18.0 Å². The molecule has 0 aliphatic carbocycles. The lowest BCUT2D eigenvalue weighted by Crippen LogP contribution is -2.42. The largest absolute Gasteiger partial charge is 0.380 e. The Labute approximate surface area is 164 Å². The Morgan fingerprint density at radius 3 is 3.00 bits per heavy atom. The van der Waals surface area contributed by atoms with E-state index in [1.807, 2.05) is 24.3 Å². The third kappa shape index (κ3) is 3.62. The van der Waals surface area contributed by atoms with Gasteiger partial charge >= 0.3 is 0 Å². The minimum absolute atomic E-state index is 0.0534. The van der Waals surface area contributed by atoms with E-state index in [2.05, 4.69) is 27.3 Å². The molecule has 1 aromatic heterocycles. The Morgan fingerprint density at radius 2 is 2.18 bits per heavy atom. The summed E-state index contributed by atoms with van der Waals surface area (Å²) in [5.41, 5.74) is 2.35. The summed E-state index contributed by atoms with van der Waals surface area (Å²) >= 11 is 0. The van der Waals surface area contributed by atoms with Gasteiger partial charge < -0.3 is 10.2 Å². The van der Waals surface area contributed by atoms with Crippen LogP contribution in [0.3, 0.4) is 0 Å². The van der Waals surface area contributed by atoms with Crippen molar-refractivity contribution in [2.45, 2.75) is 31.3 Å². The summed E-state index contributed by atoms with van der Waals surface area (Å²) in [7, 11) is 0. The summed E-state index contributed by atoms with van der Waals surface area (Å²) in [6.07, 6.45) is 4.22. The van der Waals surface area contributed by atoms with Gasteiger partial charge in [-0.15, -0.1) is 0 Å². The standard InChI is InChI=1S/C21H22N6O/c22-10-15-9-18-19(24-12-15)4-1-5-20(18)25-16-6-8-26(13-16)14-21(28)27-7-2-3-17(27)11-23/h1,4-5,9,12,16-17,25H,2-3,6-8,13-14H2/t16-,17-/m0/s1. The molecule has 2 aliphatic rings. The molecular formula is C21H22N6O. The number of rotatable bonds is 4. The molecule has 0 unspecified atom stereocenters. The molecule has 1 N–H and O–H groups in total. The Hall–Kier alpha value is -3.16. The number of nitrogens with zero attached hydrogens (tertiary/aromatic N) is 5. The number of anilines is 1. The van der Waals surface area contributed by atoms with E-state index in [9.17, 15) is 10.1 Å². The van der Waals surface area contributed by atoms with Crippen LogP contribution in [0.5, 0.6) is 0 Å². The van der Waals surface area contributed by atoms with Crippen LogP contribution in [0.15, 0.2) is 30.5 Å². The number of nitriles is 2. The molecule has 0 bridgehead atoms. The number of carbonyl (C=O) groups is 1. The van der Waals surface area contributed by atoms with Crippen molar-refractivity contribution < 1.29 is 4.79 Å². The van der Waals surface area contributed by atoms with Crippen LogP contribution in [0.2, 0.25) is 0 Å². The monoisotopic (exact) mass is 374 g/mol. The first-order valence-electron chi connectivity index (χ1n) is 9.65. The van der Waals surface area contributed by atoms with Gasteiger partial charge in [0, 0.05) is 42.9 Å². The van der Waals surface area contributed by atoms with Crippen molar-refractivity contribution in [1.29, 1.82) is 10.5 Å². The predicted octanol–water partition coefficient (Wildman–Crippen LogP) is 2.11. The van der Waals surface area contributed by atoms with Crippen molar-refractivity contribution in [3.8, 4) is 12.1 Å². The smallest absolute Gasteiger partial charge is 0.237 e. The highest BCUT2D eigenvalue weighted by Crippen LogP contribution is 2.25. The number of benzene rings is 1. The van der Waals surface area contributed by atoms with E-state index in [1.54, 1.807) is 11.1 Å². The third-order valence-electron chi connectivity index (χ3n) is 5.57. The Morgan fingerprint density at radius 1 is 1.29 bits per heavy atom. The lowest BCUT2D eigenvalue weighted by Gasteiger charge is -2.23. The van der Waals surface area contributed by atoms with Gasteiger partial charge in [-0.2, -0.15) is 10.5 Å². The minimum Gasteiger partial charge on any atom is -0.380 e. The summed E-state index contributed by atoms with van der Waals surface area (Å²) in [6, 6.07) is 12.1. The van der Waals surface area contributed by atoms with Crippen LogP contribution < -0.4 is 5.32 Å². The van der Waals surface area contributed by atoms with Gasteiger partial charge in [-0.05, 0) is 37.5 Å². The molecule has 7 heteroatoms. The number of likely N-dealkylation sites (tertiary alicyclic amines) is 2. The van der Waals surface area contributed by atoms with Gasteiger partial charge in [-0.1, -0.05) is 6.07 Å². The first kappa shape index (κ1) is 18.2. The second-order valence-corrected chi connectivity index (χ2v) is 7.45. The van der Waals surface area contributed by atoms with E-state index in [0.29, 0.717) is 18.7 Å². The van der Waals surface area contributed by atoms with Crippen LogP contribution in [0.25, 0.3) is 10.9 Å². The molecule has 2 aromatic rings. The summed E-state index contributed by atoms with van der Waals surface area (Å²) in [4.78, 5) is 20.8. The molecular weight excluding hydrogens is 352 g/mol. The third-order valence-corrected chi connectivity index (χ3v) is 5.57. The number of fused-ring (bicyclic) bond motifs is 1. The lowest BCUT2D eigenvalue weighted by molar-refractivity contribution is -0.132. The predicted molar refractivity (Wildman–Crippen MR) is 105 cm³/mol. The van der Waals surface area contributed by atoms with Gasteiger partial charge in [-0.25, -0.2) is 0 Å². The maximum absolute atomic E-state index is 12.6. The summed E-state index contributed by atoms with van der Waals surface area (Å²) < 4.78 is 0. The maximum Gasteiger partial charge on any atom is 0.237 e. The van der Waals surface area contributed by atoms with E-state index in [4.69, 9.17) is 5.26 Å². The summed E-state index contributed by atoms with van der Waals surface area (Å²) in [5.74, 6) is 0.0534. The summed E-state index contributed by atoms with van der Waals surface area (Å²) in [6.45, 7) is 2.68. The van der Waals surface area contributed by atoms with Crippen molar-refractivity contribution in [3.05, 3.63) is 36.0 Å². The molecule has 2 aliphatic heterocycles.